The molecule has 2 atom stereocenters. The zero-order valence-electron chi connectivity index (χ0n) is 19.5. The van der Waals surface area contributed by atoms with E-state index >= 15 is 0 Å². The third-order valence-corrected chi connectivity index (χ3v) is 8.90. The highest BCUT2D eigenvalue weighted by molar-refractivity contribution is 6.39. The summed E-state index contributed by atoms with van der Waals surface area (Å²) in [6.07, 6.45) is 7.41. The molecule has 4 aromatic rings. The second-order valence-electron chi connectivity index (χ2n) is 10.3. The van der Waals surface area contributed by atoms with Gasteiger partial charge in [0.1, 0.15) is 17.0 Å². The van der Waals surface area contributed by atoms with Gasteiger partial charge in [-0.05, 0) is 68.6 Å². The lowest BCUT2D eigenvalue weighted by molar-refractivity contribution is -0.116. The first-order valence-corrected chi connectivity index (χ1v) is 13.2. The summed E-state index contributed by atoms with van der Waals surface area (Å²) < 4.78 is 12.3. The maximum absolute atomic E-state index is 11.9. The number of fused-ring (bicyclic) bond motifs is 3. The molecule has 3 fully saturated rings. The summed E-state index contributed by atoms with van der Waals surface area (Å²) in [7, 11) is 0. The van der Waals surface area contributed by atoms with Gasteiger partial charge in [-0.1, -0.05) is 34.4 Å². The number of nitrogens with zero attached hydrogens (tertiary/aromatic N) is 4. The number of aliphatic hydroxyl groups is 1. The maximum atomic E-state index is 11.9. The summed E-state index contributed by atoms with van der Waals surface area (Å²) in [5, 5.41) is 28.1. The van der Waals surface area contributed by atoms with E-state index in [4.69, 9.17) is 32.5 Å². The maximum Gasteiger partial charge on any atom is 0.201 e. The van der Waals surface area contributed by atoms with Crippen LogP contribution in [0.3, 0.4) is 0 Å². The summed E-state index contributed by atoms with van der Waals surface area (Å²) in [5.74, 6) is 1.44. The predicted octanol–water partition coefficient (Wildman–Crippen LogP) is 5.79. The number of hydrogen-bond acceptors (Lipinski definition) is 7. The van der Waals surface area contributed by atoms with Gasteiger partial charge in [0, 0.05) is 28.8 Å². The molecule has 2 unspecified atom stereocenters. The molecule has 0 aliphatic heterocycles. The quantitative estimate of drug-likeness (QED) is 0.328. The van der Waals surface area contributed by atoms with E-state index in [1.54, 1.807) is 6.20 Å². The van der Waals surface area contributed by atoms with Crippen molar-refractivity contribution in [1.29, 1.82) is 0 Å². The number of aromatic amines is 1. The Hall–Kier alpha value is -2.52. The number of rotatable bonds is 6. The first kappa shape index (κ1) is 22.7. The van der Waals surface area contributed by atoms with E-state index < -0.39 is 5.60 Å². The van der Waals surface area contributed by atoms with Crippen LogP contribution >= 0.6 is 23.2 Å². The second kappa shape index (κ2) is 8.52. The molecule has 2 N–H and O–H groups in total. The average molecular weight is 526 g/mol. The highest BCUT2D eigenvalue weighted by atomic mass is 35.5. The Kier molecular flexibility index (Phi) is 5.36. The molecule has 186 valence electrons. The molecule has 3 aliphatic carbocycles. The molecule has 3 heterocycles. The number of pyridine rings is 1. The normalized spacial score (nSPS) is 27.7. The number of ether oxygens (including phenoxy) is 1. The molecular weight excluding hydrogens is 501 g/mol. The van der Waals surface area contributed by atoms with Gasteiger partial charge in [-0.2, -0.15) is 10.3 Å². The summed E-state index contributed by atoms with van der Waals surface area (Å²) in [6, 6.07) is 7.35. The van der Waals surface area contributed by atoms with Crippen molar-refractivity contribution >= 4 is 34.4 Å². The average Bonchev–Trinajstić information content (AvgIpc) is 3.42. The summed E-state index contributed by atoms with van der Waals surface area (Å²) in [5.41, 5.74) is 3.40. The van der Waals surface area contributed by atoms with E-state index in [2.05, 4.69) is 25.6 Å². The minimum absolute atomic E-state index is 0.0306. The molecule has 2 bridgehead atoms. The van der Waals surface area contributed by atoms with Crippen molar-refractivity contribution in [3.63, 3.8) is 0 Å². The second-order valence-corrected chi connectivity index (χ2v) is 11.2. The molecule has 36 heavy (non-hydrogen) atoms. The molecule has 0 saturated heterocycles. The fraction of sp³-hybridized carbons (Fsp3) is 0.462. The molecule has 7 rings (SSSR count). The lowest BCUT2D eigenvalue weighted by Crippen LogP contribution is -2.44. The van der Waals surface area contributed by atoms with Crippen molar-refractivity contribution in [3.05, 3.63) is 57.4 Å². The molecule has 8 nitrogen and oxygen atoms in total. The Morgan fingerprint density at radius 3 is 2.56 bits per heavy atom. The third kappa shape index (κ3) is 3.57. The van der Waals surface area contributed by atoms with Gasteiger partial charge in [0.15, 0.2) is 0 Å². The van der Waals surface area contributed by atoms with Crippen LogP contribution < -0.4 is 0 Å². The van der Waals surface area contributed by atoms with Crippen molar-refractivity contribution in [2.75, 3.05) is 0 Å². The minimum atomic E-state index is -0.924. The van der Waals surface area contributed by atoms with Gasteiger partial charge >= 0.3 is 0 Å². The van der Waals surface area contributed by atoms with Crippen LogP contribution in [0.15, 0.2) is 35.0 Å². The van der Waals surface area contributed by atoms with Gasteiger partial charge < -0.3 is 14.4 Å². The Morgan fingerprint density at radius 1 is 1.08 bits per heavy atom. The molecule has 3 aliphatic rings. The molecule has 3 saturated carbocycles. The van der Waals surface area contributed by atoms with Gasteiger partial charge in [0.2, 0.25) is 5.65 Å². The first-order chi connectivity index (χ1) is 17.5. The summed E-state index contributed by atoms with van der Waals surface area (Å²) in [4.78, 5) is 4.40. The van der Waals surface area contributed by atoms with E-state index in [1.165, 1.54) is 0 Å². The van der Waals surface area contributed by atoms with Crippen molar-refractivity contribution in [1.82, 2.24) is 25.6 Å². The number of nitrogens with one attached hydrogen (secondary N) is 1. The molecule has 0 spiro atoms. The topological polar surface area (TPSA) is 110 Å². The summed E-state index contributed by atoms with van der Waals surface area (Å²) >= 11 is 13.0. The highest BCUT2D eigenvalue weighted by Gasteiger charge is 2.54. The largest absolute Gasteiger partial charge is 0.385 e. The van der Waals surface area contributed by atoms with Crippen molar-refractivity contribution in [3.8, 4) is 11.3 Å². The van der Waals surface area contributed by atoms with E-state index in [-0.39, 0.29) is 17.9 Å². The van der Waals surface area contributed by atoms with E-state index in [0.29, 0.717) is 45.0 Å². The Bertz CT molecular complexity index is 1410. The molecular formula is C26H25Cl2N5O3. The van der Waals surface area contributed by atoms with E-state index in [1.807, 2.05) is 24.3 Å². The van der Waals surface area contributed by atoms with Gasteiger partial charge in [-0.15, -0.1) is 5.10 Å². The Balaban J connectivity index is 1.13. The lowest BCUT2D eigenvalue weighted by atomic mass is 9.70. The number of aromatic nitrogens is 5. The van der Waals surface area contributed by atoms with Crippen molar-refractivity contribution < 1.29 is 14.4 Å². The Labute approximate surface area is 217 Å². The predicted molar refractivity (Wildman–Crippen MR) is 134 cm³/mol. The molecule has 3 aromatic heterocycles. The van der Waals surface area contributed by atoms with Gasteiger partial charge in [-0.25, -0.2) is 4.98 Å². The molecule has 0 radical (unpaired) electrons. The zero-order chi connectivity index (χ0) is 24.4. The molecule has 1 aromatic carbocycles. The first-order valence-electron chi connectivity index (χ1n) is 12.5. The van der Waals surface area contributed by atoms with E-state index in [9.17, 15) is 5.11 Å². The number of H-pyrrole nitrogens is 1. The van der Waals surface area contributed by atoms with Crippen molar-refractivity contribution in [2.45, 2.75) is 62.8 Å². The monoisotopic (exact) mass is 525 g/mol. The Morgan fingerprint density at radius 2 is 1.83 bits per heavy atom. The summed E-state index contributed by atoms with van der Waals surface area (Å²) in [6.45, 7) is 0.376. The third-order valence-electron chi connectivity index (χ3n) is 8.27. The molecule has 10 heteroatoms. The fourth-order valence-electron chi connectivity index (χ4n) is 6.32. The van der Waals surface area contributed by atoms with Gasteiger partial charge in [-0.3, -0.25) is 0 Å². The number of benzene rings is 1. The lowest BCUT2D eigenvalue weighted by Gasteiger charge is -2.42. The minimum Gasteiger partial charge on any atom is -0.385 e. The van der Waals surface area contributed by atoms with Gasteiger partial charge in [0.05, 0.1) is 28.4 Å². The standard InChI is InChI=1S/C26H25Cl2N5O3/c27-19-2-1-3-20(28)22(19)23-18(24(36-32-23)13-4-5-13)12-35-17-8-14-6-7-15(9-17)26(14,34)16-10-21-25(29-11-16)31-33-30-21/h1-3,10-11,13-15,17,34H,4-9,12H2,(H,29,30,31,33). The molecule has 0 amide bonds. The van der Waals surface area contributed by atoms with Crippen LogP contribution in [0.1, 0.15) is 61.3 Å². The van der Waals surface area contributed by atoms with Gasteiger partial charge in [0.25, 0.3) is 0 Å². The fourth-order valence-corrected chi connectivity index (χ4v) is 6.89. The number of hydrogen-bond donors (Lipinski definition) is 2. The smallest absolute Gasteiger partial charge is 0.201 e. The van der Waals surface area contributed by atoms with Crippen LogP contribution in [0.2, 0.25) is 10.0 Å². The van der Waals surface area contributed by atoms with Crippen LogP contribution in [-0.4, -0.2) is 36.8 Å². The number of halogens is 2. The SMILES string of the molecule is OC1(c2cnc3n[nH]nc3c2)C2CCC1CC(OCc1c(-c3c(Cl)cccc3Cl)noc1C1CC1)C2. The van der Waals surface area contributed by atoms with Crippen molar-refractivity contribution in [2.24, 2.45) is 11.8 Å². The van der Waals surface area contributed by atoms with E-state index in [0.717, 1.165) is 55.4 Å². The van der Waals surface area contributed by atoms with Crippen LogP contribution in [-0.2, 0) is 16.9 Å². The van der Waals surface area contributed by atoms with Crippen LogP contribution in [0.25, 0.3) is 22.4 Å². The van der Waals surface area contributed by atoms with Crippen LogP contribution in [0.4, 0.5) is 0 Å². The van der Waals surface area contributed by atoms with Crippen LogP contribution in [0.5, 0.6) is 0 Å². The zero-order valence-corrected chi connectivity index (χ0v) is 21.0. The highest BCUT2D eigenvalue weighted by Crippen LogP contribution is 2.56. The van der Waals surface area contributed by atoms with Crippen LogP contribution in [0, 0.1) is 11.8 Å².